The van der Waals surface area contributed by atoms with E-state index >= 15 is 0 Å². The number of hydrogen-bond acceptors (Lipinski definition) is 5. The molecule has 2 atom stereocenters. The molecule has 1 aromatic carbocycles. The van der Waals surface area contributed by atoms with Gasteiger partial charge in [-0.1, -0.05) is 17.7 Å². The molecule has 1 spiro atoms. The van der Waals surface area contributed by atoms with Crippen LogP contribution in [0.15, 0.2) is 23.3 Å². The van der Waals surface area contributed by atoms with E-state index in [1.54, 1.807) is 25.1 Å². The smallest absolute Gasteiger partial charge is 0.432 e. The normalized spacial score (nSPS) is 25.0. The third-order valence-electron chi connectivity index (χ3n) is 4.45. The first-order valence-electron chi connectivity index (χ1n) is 7.62. The van der Waals surface area contributed by atoms with Gasteiger partial charge in [-0.05, 0) is 19.9 Å². The second-order valence-corrected chi connectivity index (χ2v) is 5.98. The molecule has 0 fully saturated rings. The van der Waals surface area contributed by atoms with Gasteiger partial charge in [0.1, 0.15) is 5.92 Å². The van der Waals surface area contributed by atoms with Crippen LogP contribution in [-0.2, 0) is 19.9 Å². The average Bonchev–Trinajstić information content (AvgIpc) is 3.02. The first-order valence-corrected chi connectivity index (χ1v) is 7.62. The fourth-order valence-electron chi connectivity index (χ4n) is 3.36. The molecule has 0 aromatic heterocycles. The highest BCUT2D eigenvalue weighted by Gasteiger charge is 2.66. The van der Waals surface area contributed by atoms with Crippen molar-refractivity contribution >= 4 is 23.3 Å². The van der Waals surface area contributed by atoms with Crippen molar-refractivity contribution in [2.75, 3.05) is 18.6 Å². The molecule has 1 N–H and O–H groups in total. The molecule has 1 amide bonds. The van der Waals surface area contributed by atoms with Gasteiger partial charge >= 0.3 is 12.1 Å². The van der Waals surface area contributed by atoms with E-state index in [1.165, 1.54) is 18.9 Å². The quantitative estimate of drug-likeness (QED) is 0.823. The van der Waals surface area contributed by atoms with Crippen LogP contribution in [0.1, 0.15) is 18.1 Å². The number of benzene rings is 1. The Balaban J connectivity index is 2.23. The predicted molar refractivity (Wildman–Crippen MR) is 83.0 cm³/mol. The van der Waals surface area contributed by atoms with E-state index in [4.69, 9.17) is 4.74 Å². The molecule has 3 rings (SSSR count). The van der Waals surface area contributed by atoms with Gasteiger partial charge in [-0.25, -0.2) is 0 Å². The van der Waals surface area contributed by atoms with Crippen molar-refractivity contribution in [1.82, 2.24) is 5.43 Å². The van der Waals surface area contributed by atoms with Gasteiger partial charge in [0.25, 0.3) is 5.91 Å². The summed E-state index contributed by atoms with van der Waals surface area (Å²) in [6.07, 6.45) is -4.88. The van der Waals surface area contributed by atoms with Crippen molar-refractivity contribution in [3.05, 3.63) is 29.3 Å². The lowest BCUT2D eigenvalue weighted by atomic mass is 9.77. The summed E-state index contributed by atoms with van der Waals surface area (Å²) in [5.41, 5.74) is 0.455. The molecule has 2 aliphatic rings. The molecule has 1 aromatic rings. The monoisotopic (exact) mass is 355 g/mol. The van der Waals surface area contributed by atoms with E-state index in [2.05, 4.69) is 10.5 Å². The molecule has 0 radical (unpaired) electrons. The zero-order valence-corrected chi connectivity index (χ0v) is 13.8. The molecular formula is C16H16F3N3O3. The lowest BCUT2D eigenvalue weighted by molar-refractivity contribution is -0.151. The van der Waals surface area contributed by atoms with Gasteiger partial charge in [0, 0.05) is 18.3 Å². The number of esters is 1. The van der Waals surface area contributed by atoms with Gasteiger partial charge in [-0.15, -0.1) is 0 Å². The number of hydrazone groups is 1. The van der Waals surface area contributed by atoms with Crippen LogP contribution in [0.4, 0.5) is 18.9 Å². The summed E-state index contributed by atoms with van der Waals surface area (Å²) in [6.45, 7) is 3.12. The molecule has 2 aliphatic heterocycles. The third kappa shape index (κ3) is 2.29. The van der Waals surface area contributed by atoms with Gasteiger partial charge in [-0.2, -0.15) is 18.3 Å². The number of nitrogens with zero attached hydrogens (tertiary/aromatic N) is 2. The maximum atomic E-state index is 13.4. The summed E-state index contributed by atoms with van der Waals surface area (Å²) in [7, 11) is 1.45. The number of ether oxygens (including phenoxy) is 1. The number of rotatable bonds is 2. The molecule has 6 nitrogen and oxygen atoms in total. The second kappa shape index (κ2) is 5.47. The van der Waals surface area contributed by atoms with Gasteiger partial charge in [0.2, 0.25) is 0 Å². The minimum absolute atomic E-state index is 0.110. The number of anilines is 1. The average molecular weight is 355 g/mol. The van der Waals surface area contributed by atoms with Crippen LogP contribution in [-0.4, -0.2) is 37.4 Å². The number of amides is 1. The maximum absolute atomic E-state index is 13.4. The Morgan fingerprint density at radius 2 is 2.12 bits per heavy atom. The first-order chi connectivity index (χ1) is 11.6. The zero-order valence-electron chi connectivity index (χ0n) is 13.8. The van der Waals surface area contributed by atoms with Crippen LogP contribution < -0.4 is 10.3 Å². The lowest BCUT2D eigenvalue weighted by Crippen LogP contribution is -2.55. The van der Waals surface area contributed by atoms with Crippen molar-refractivity contribution in [2.24, 2.45) is 11.0 Å². The Morgan fingerprint density at radius 1 is 1.44 bits per heavy atom. The molecule has 0 saturated carbocycles. The summed E-state index contributed by atoms with van der Waals surface area (Å²) in [6, 6.07) is 4.96. The molecule has 2 heterocycles. The zero-order chi connectivity index (χ0) is 18.6. The number of halogens is 3. The third-order valence-corrected chi connectivity index (χ3v) is 4.45. The molecule has 25 heavy (non-hydrogen) atoms. The standard InChI is InChI=1S/C16H16F3N3O3/c1-4-25-13(23)11-12(16(17,18)19)20-21-15(11)9-7-8(2)5-6-10(9)22(3)14(15)24/h5-7,11,21H,4H2,1-3H3/t11-,15?/m1/s1. The van der Waals surface area contributed by atoms with Crippen molar-refractivity contribution in [3.63, 3.8) is 0 Å². The molecule has 1 unspecified atom stereocenters. The summed E-state index contributed by atoms with van der Waals surface area (Å²) in [5.74, 6) is -3.74. The van der Waals surface area contributed by atoms with E-state index in [0.29, 0.717) is 5.69 Å². The summed E-state index contributed by atoms with van der Waals surface area (Å²) < 4.78 is 45.1. The number of fused-ring (bicyclic) bond motifs is 2. The van der Waals surface area contributed by atoms with Gasteiger partial charge < -0.3 is 9.64 Å². The topological polar surface area (TPSA) is 71.0 Å². The Morgan fingerprint density at radius 3 is 2.72 bits per heavy atom. The maximum Gasteiger partial charge on any atom is 0.432 e. The summed E-state index contributed by atoms with van der Waals surface area (Å²) in [5, 5.41) is 3.33. The van der Waals surface area contributed by atoms with E-state index < -0.39 is 35.2 Å². The Kier molecular flexibility index (Phi) is 3.77. The minimum atomic E-state index is -4.88. The summed E-state index contributed by atoms with van der Waals surface area (Å²) in [4.78, 5) is 26.5. The fourth-order valence-corrected chi connectivity index (χ4v) is 3.36. The molecular weight excluding hydrogens is 339 g/mol. The Bertz CT molecular complexity index is 791. The number of carbonyl (C=O) groups is 2. The van der Waals surface area contributed by atoms with E-state index in [0.717, 1.165) is 5.56 Å². The number of nitrogens with one attached hydrogen (secondary N) is 1. The van der Waals surface area contributed by atoms with Crippen LogP contribution in [0, 0.1) is 12.8 Å². The first kappa shape index (κ1) is 17.2. The van der Waals surface area contributed by atoms with Gasteiger partial charge in [0.15, 0.2) is 11.3 Å². The van der Waals surface area contributed by atoms with Crippen LogP contribution in [0.25, 0.3) is 0 Å². The number of carbonyl (C=O) groups excluding carboxylic acids is 2. The van der Waals surface area contributed by atoms with E-state index in [9.17, 15) is 22.8 Å². The van der Waals surface area contributed by atoms with Gasteiger partial charge in [-0.3, -0.25) is 15.0 Å². The van der Waals surface area contributed by atoms with E-state index in [-0.39, 0.29) is 12.2 Å². The van der Waals surface area contributed by atoms with Crippen LogP contribution in [0.3, 0.4) is 0 Å². The Hall–Kier alpha value is -2.58. The summed E-state index contributed by atoms with van der Waals surface area (Å²) >= 11 is 0. The molecule has 0 aliphatic carbocycles. The van der Waals surface area contributed by atoms with Crippen LogP contribution in [0.2, 0.25) is 0 Å². The lowest BCUT2D eigenvalue weighted by Gasteiger charge is -2.29. The molecule has 0 bridgehead atoms. The second-order valence-electron chi connectivity index (χ2n) is 5.98. The molecule has 9 heteroatoms. The molecule has 134 valence electrons. The minimum Gasteiger partial charge on any atom is -0.465 e. The van der Waals surface area contributed by atoms with Crippen molar-refractivity contribution < 1.29 is 27.5 Å². The van der Waals surface area contributed by atoms with E-state index in [1.807, 2.05) is 0 Å². The number of likely N-dealkylation sites (N-methyl/N-ethyl adjacent to an activating group) is 1. The van der Waals surface area contributed by atoms with Crippen molar-refractivity contribution in [2.45, 2.75) is 25.6 Å². The number of hydrogen-bond donors (Lipinski definition) is 1. The molecule has 0 saturated heterocycles. The SMILES string of the molecule is CCOC(=O)[C@H]1C(C(F)(F)F)=NNC12C(=O)N(C)c1ccc(C)cc12. The highest BCUT2D eigenvalue weighted by atomic mass is 19.4. The largest absolute Gasteiger partial charge is 0.465 e. The number of alkyl halides is 3. The highest BCUT2D eigenvalue weighted by molar-refractivity contribution is 6.18. The van der Waals surface area contributed by atoms with Crippen LogP contribution >= 0.6 is 0 Å². The highest BCUT2D eigenvalue weighted by Crippen LogP contribution is 2.49. The van der Waals surface area contributed by atoms with Gasteiger partial charge in [0.05, 0.1) is 6.61 Å². The number of aryl methyl sites for hydroxylation is 1. The van der Waals surface area contributed by atoms with Crippen LogP contribution in [0.5, 0.6) is 0 Å². The fraction of sp³-hybridized carbons (Fsp3) is 0.438. The van der Waals surface area contributed by atoms with Crippen molar-refractivity contribution in [1.29, 1.82) is 0 Å². The Labute approximate surface area is 141 Å². The van der Waals surface area contributed by atoms with Crippen molar-refractivity contribution in [3.8, 4) is 0 Å². The predicted octanol–water partition coefficient (Wildman–Crippen LogP) is 1.87.